The van der Waals surface area contributed by atoms with Crippen molar-refractivity contribution in [3.05, 3.63) is 95.0 Å². The van der Waals surface area contributed by atoms with Gasteiger partial charge in [0, 0.05) is 18.1 Å². The van der Waals surface area contributed by atoms with Crippen molar-refractivity contribution in [2.75, 3.05) is 17.4 Å². The Bertz CT molecular complexity index is 1360. The third-order valence-electron chi connectivity index (χ3n) is 6.09. The van der Waals surface area contributed by atoms with Crippen LogP contribution in [0.5, 0.6) is 0 Å². The Kier molecular flexibility index (Phi) is 9.94. The van der Waals surface area contributed by atoms with Gasteiger partial charge in [0.2, 0.25) is 11.8 Å². The number of para-hydroxylation sites is 1. The molecular weight excluding hydrogens is 522 g/mol. The number of hydrogen-bond donors (Lipinski definition) is 1. The molecule has 0 bridgehead atoms. The molecule has 7 nitrogen and oxygen atoms in total. The summed E-state index contributed by atoms with van der Waals surface area (Å²) in [6.07, 6.45) is 0. The number of amides is 2. The Balaban J connectivity index is 2.01. The van der Waals surface area contributed by atoms with Crippen LogP contribution in [-0.2, 0) is 26.2 Å². The molecule has 1 N–H and O–H groups in total. The predicted molar refractivity (Wildman–Crippen MR) is 151 cm³/mol. The van der Waals surface area contributed by atoms with E-state index in [1.54, 1.807) is 74.5 Å². The van der Waals surface area contributed by atoms with Gasteiger partial charge in [-0.3, -0.25) is 13.9 Å². The van der Waals surface area contributed by atoms with Crippen molar-refractivity contribution in [2.24, 2.45) is 5.92 Å². The van der Waals surface area contributed by atoms with Gasteiger partial charge in [-0.1, -0.05) is 74.0 Å². The van der Waals surface area contributed by atoms with Crippen LogP contribution in [0.25, 0.3) is 0 Å². The van der Waals surface area contributed by atoms with Crippen molar-refractivity contribution in [3.8, 4) is 0 Å². The first-order chi connectivity index (χ1) is 18.0. The zero-order chi connectivity index (χ0) is 27.9. The van der Waals surface area contributed by atoms with E-state index in [1.807, 2.05) is 19.9 Å². The van der Waals surface area contributed by atoms with E-state index in [0.29, 0.717) is 22.8 Å². The van der Waals surface area contributed by atoms with Gasteiger partial charge in [-0.15, -0.1) is 0 Å². The molecule has 2 amide bonds. The Morgan fingerprint density at radius 2 is 1.58 bits per heavy atom. The van der Waals surface area contributed by atoms with Crippen molar-refractivity contribution in [3.63, 3.8) is 0 Å². The molecular formula is C29H34ClN3O4S. The van der Waals surface area contributed by atoms with Crippen molar-refractivity contribution in [2.45, 2.75) is 45.2 Å². The van der Waals surface area contributed by atoms with Gasteiger partial charge >= 0.3 is 0 Å². The summed E-state index contributed by atoms with van der Waals surface area (Å²) in [5, 5.41) is 3.37. The number of carbonyl (C=O) groups excluding carboxylic acids is 2. The van der Waals surface area contributed by atoms with Gasteiger partial charge in [-0.05, 0) is 61.2 Å². The largest absolute Gasteiger partial charge is 0.354 e. The van der Waals surface area contributed by atoms with E-state index < -0.39 is 28.5 Å². The molecule has 0 fully saturated rings. The Morgan fingerprint density at radius 3 is 2.21 bits per heavy atom. The summed E-state index contributed by atoms with van der Waals surface area (Å²) in [6, 6.07) is 21.2. The predicted octanol–water partition coefficient (Wildman–Crippen LogP) is 5.03. The van der Waals surface area contributed by atoms with Gasteiger partial charge < -0.3 is 10.2 Å². The average molecular weight is 556 g/mol. The van der Waals surface area contributed by atoms with E-state index in [2.05, 4.69) is 5.32 Å². The van der Waals surface area contributed by atoms with Crippen LogP contribution in [0.3, 0.4) is 0 Å². The fourth-order valence-electron chi connectivity index (χ4n) is 3.94. The number of anilines is 1. The second-order valence-electron chi connectivity index (χ2n) is 9.58. The third kappa shape index (κ3) is 7.36. The molecule has 3 rings (SSSR count). The minimum Gasteiger partial charge on any atom is -0.354 e. The highest BCUT2D eigenvalue weighted by atomic mass is 35.5. The molecule has 0 spiro atoms. The van der Waals surface area contributed by atoms with Crippen molar-refractivity contribution < 1.29 is 18.0 Å². The smallest absolute Gasteiger partial charge is 0.264 e. The molecule has 0 aliphatic heterocycles. The number of nitrogens with one attached hydrogen (secondary N) is 1. The fourth-order valence-corrected chi connectivity index (χ4v) is 5.66. The lowest BCUT2D eigenvalue weighted by Gasteiger charge is -2.32. The highest BCUT2D eigenvalue weighted by Gasteiger charge is 2.33. The second kappa shape index (κ2) is 12.9. The van der Waals surface area contributed by atoms with Gasteiger partial charge in [-0.2, -0.15) is 0 Å². The monoisotopic (exact) mass is 555 g/mol. The summed E-state index contributed by atoms with van der Waals surface area (Å²) < 4.78 is 28.7. The summed E-state index contributed by atoms with van der Waals surface area (Å²) in [4.78, 5) is 28.4. The van der Waals surface area contributed by atoms with Gasteiger partial charge in [0.15, 0.2) is 0 Å². The second-order valence-corrected chi connectivity index (χ2v) is 11.9. The number of halogens is 1. The molecule has 0 aliphatic carbocycles. The minimum atomic E-state index is -4.09. The Morgan fingerprint density at radius 1 is 0.921 bits per heavy atom. The zero-order valence-corrected chi connectivity index (χ0v) is 23.7. The number of sulfonamides is 1. The van der Waals surface area contributed by atoms with E-state index in [9.17, 15) is 18.0 Å². The summed E-state index contributed by atoms with van der Waals surface area (Å²) in [7, 11) is -4.09. The molecule has 0 aromatic heterocycles. The average Bonchev–Trinajstić information content (AvgIpc) is 2.89. The minimum absolute atomic E-state index is 0.0696. The number of aryl methyl sites for hydroxylation is 1. The van der Waals surface area contributed by atoms with E-state index in [-0.39, 0.29) is 23.3 Å². The normalized spacial score (nSPS) is 12.2. The number of benzene rings is 3. The fraction of sp³-hybridized carbons (Fsp3) is 0.310. The molecule has 9 heteroatoms. The molecule has 38 heavy (non-hydrogen) atoms. The van der Waals surface area contributed by atoms with Crippen LogP contribution in [0.15, 0.2) is 83.8 Å². The zero-order valence-electron chi connectivity index (χ0n) is 22.1. The van der Waals surface area contributed by atoms with Crippen LogP contribution in [-0.4, -0.2) is 44.3 Å². The molecule has 3 aromatic carbocycles. The molecule has 3 aromatic rings. The number of rotatable bonds is 11. The van der Waals surface area contributed by atoms with E-state index >= 15 is 0 Å². The van der Waals surface area contributed by atoms with Gasteiger partial charge in [0.1, 0.15) is 12.6 Å². The molecule has 0 saturated carbocycles. The van der Waals surface area contributed by atoms with E-state index in [0.717, 1.165) is 9.87 Å². The quantitative estimate of drug-likeness (QED) is 0.359. The molecule has 0 unspecified atom stereocenters. The summed E-state index contributed by atoms with van der Waals surface area (Å²) in [6.45, 7) is 7.46. The van der Waals surface area contributed by atoms with Crippen LogP contribution in [0, 0.1) is 12.8 Å². The van der Waals surface area contributed by atoms with Gasteiger partial charge in [-0.25, -0.2) is 8.42 Å². The molecule has 0 saturated heterocycles. The maximum Gasteiger partial charge on any atom is 0.264 e. The highest BCUT2D eigenvalue weighted by molar-refractivity contribution is 7.92. The van der Waals surface area contributed by atoms with Crippen LogP contribution >= 0.6 is 11.6 Å². The first-order valence-corrected chi connectivity index (χ1v) is 14.3. The first-order valence-electron chi connectivity index (χ1n) is 12.5. The van der Waals surface area contributed by atoms with Gasteiger partial charge in [0.25, 0.3) is 10.0 Å². The van der Waals surface area contributed by atoms with Crippen LogP contribution in [0.1, 0.15) is 31.9 Å². The van der Waals surface area contributed by atoms with Crippen molar-refractivity contribution >= 4 is 39.1 Å². The molecule has 0 radical (unpaired) electrons. The highest BCUT2D eigenvalue weighted by Crippen LogP contribution is 2.27. The van der Waals surface area contributed by atoms with Crippen LogP contribution < -0.4 is 9.62 Å². The third-order valence-corrected chi connectivity index (χ3v) is 8.10. The van der Waals surface area contributed by atoms with Crippen LogP contribution in [0.4, 0.5) is 5.69 Å². The topological polar surface area (TPSA) is 86.8 Å². The number of nitrogens with zero attached hydrogens (tertiary/aromatic N) is 2. The molecule has 0 aliphatic rings. The standard InChI is InChI=1S/C29H34ClN3O4S/c1-21(2)18-31-29(35)23(4)32(19-24-12-10-13-25(30)17-24)28(34)20-33(27-16-9-8-11-22(27)3)38(36,37)26-14-6-5-7-15-26/h5-17,21,23H,18-20H2,1-4H3,(H,31,35)/t23-/m0/s1. The maximum absolute atomic E-state index is 13.9. The lowest BCUT2D eigenvalue weighted by Crippen LogP contribution is -2.51. The number of hydrogen-bond acceptors (Lipinski definition) is 4. The van der Waals surface area contributed by atoms with Crippen LogP contribution in [0.2, 0.25) is 5.02 Å². The maximum atomic E-state index is 13.9. The number of carbonyl (C=O) groups is 2. The van der Waals surface area contributed by atoms with E-state index in [4.69, 9.17) is 11.6 Å². The molecule has 0 heterocycles. The SMILES string of the molecule is Cc1ccccc1N(CC(=O)N(Cc1cccc(Cl)c1)[C@@H](C)C(=O)NCC(C)C)S(=O)(=O)c1ccccc1. The Hall–Kier alpha value is -3.36. The van der Waals surface area contributed by atoms with E-state index in [1.165, 1.54) is 17.0 Å². The molecule has 202 valence electrons. The molecule has 1 atom stereocenters. The summed E-state index contributed by atoms with van der Waals surface area (Å²) >= 11 is 6.17. The summed E-state index contributed by atoms with van der Waals surface area (Å²) in [5.74, 6) is -0.599. The summed E-state index contributed by atoms with van der Waals surface area (Å²) in [5.41, 5.74) is 1.82. The van der Waals surface area contributed by atoms with Crippen molar-refractivity contribution in [1.29, 1.82) is 0 Å². The lowest BCUT2D eigenvalue weighted by molar-refractivity contribution is -0.139. The Labute approximate surface area is 230 Å². The lowest BCUT2D eigenvalue weighted by atomic mass is 10.1. The van der Waals surface area contributed by atoms with Crippen molar-refractivity contribution in [1.82, 2.24) is 10.2 Å². The van der Waals surface area contributed by atoms with Gasteiger partial charge in [0.05, 0.1) is 10.6 Å². The first kappa shape index (κ1) is 29.2.